The fraction of sp³-hybridized carbons (Fsp3) is 0.455. The van der Waals surface area contributed by atoms with Gasteiger partial charge in [-0.1, -0.05) is 0 Å². The number of ether oxygens (including phenoxy) is 1. The Hall–Kier alpha value is -2.22. The first-order valence-electron chi connectivity index (χ1n) is 5.67. The smallest absolute Gasteiger partial charge is 0.329 e. The maximum atomic E-state index is 11.8. The molecule has 1 saturated heterocycles. The van der Waals surface area contributed by atoms with Gasteiger partial charge in [-0.15, -0.1) is 0 Å². The number of aromatic nitrogens is 2. The lowest BCUT2D eigenvalue weighted by molar-refractivity contribution is -0.159. The molecule has 0 aromatic carbocycles. The average Bonchev–Trinajstić information content (AvgIpc) is 2.34. The van der Waals surface area contributed by atoms with E-state index in [9.17, 15) is 9.59 Å². The van der Waals surface area contributed by atoms with Gasteiger partial charge in [0, 0.05) is 12.4 Å². The van der Waals surface area contributed by atoms with Crippen LogP contribution in [-0.2, 0) is 9.53 Å². The van der Waals surface area contributed by atoms with Gasteiger partial charge in [-0.05, 0) is 13.0 Å². The zero-order valence-electron chi connectivity index (χ0n) is 10.4. The Morgan fingerprint density at radius 1 is 1.47 bits per heavy atom. The molecular weight excluding hydrogens is 252 g/mol. The molecule has 0 radical (unpaired) electrons. The maximum absolute atomic E-state index is 11.8. The number of amides is 2. The van der Waals surface area contributed by atoms with Gasteiger partial charge in [0.05, 0.1) is 13.1 Å². The van der Waals surface area contributed by atoms with E-state index in [0.29, 0.717) is 13.1 Å². The Balaban J connectivity index is 1.80. The highest BCUT2D eigenvalue weighted by atomic mass is 16.5. The van der Waals surface area contributed by atoms with Gasteiger partial charge >= 0.3 is 12.0 Å². The SMILES string of the molecule is CC1(OCC(=O)O)CN(C(=O)Nc2ncccn2)C1. The standard InChI is InChI=1S/C11H14N4O4/c1-11(19-5-8(16)17)6-15(7-11)10(18)14-9-12-3-2-4-13-9/h2-4H,5-7H2,1H3,(H,16,17)(H,12,13,14,18). The van der Waals surface area contributed by atoms with Crippen molar-refractivity contribution in [3.63, 3.8) is 0 Å². The van der Waals surface area contributed by atoms with E-state index < -0.39 is 11.6 Å². The van der Waals surface area contributed by atoms with E-state index in [0.717, 1.165) is 0 Å². The molecule has 0 spiro atoms. The summed E-state index contributed by atoms with van der Waals surface area (Å²) in [5.41, 5.74) is -0.604. The number of hydrogen-bond acceptors (Lipinski definition) is 5. The number of rotatable bonds is 4. The van der Waals surface area contributed by atoms with Gasteiger partial charge in [-0.2, -0.15) is 0 Å². The summed E-state index contributed by atoms with van der Waals surface area (Å²) in [4.78, 5) is 31.4. The molecule has 8 heteroatoms. The van der Waals surface area contributed by atoms with Crippen molar-refractivity contribution in [2.45, 2.75) is 12.5 Å². The molecule has 2 heterocycles. The molecule has 19 heavy (non-hydrogen) atoms. The van der Waals surface area contributed by atoms with Gasteiger partial charge in [-0.3, -0.25) is 5.32 Å². The number of urea groups is 1. The topological polar surface area (TPSA) is 105 Å². The van der Waals surface area contributed by atoms with Crippen molar-refractivity contribution in [3.8, 4) is 0 Å². The molecule has 102 valence electrons. The third-order valence-electron chi connectivity index (χ3n) is 2.67. The lowest BCUT2D eigenvalue weighted by atomic mass is 9.97. The van der Waals surface area contributed by atoms with Crippen molar-refractivity contribution in [2.75, 3.05) is 25.0 Å². The summed E-state index contributed by atoms with van der Waals surface area (Å²) in [6.07, 6.45) is 3.05. The number of carbonyl (C=O) groups excluding carboxylic acids is 1. The molecule has 1 aliphatic rings. The van der Waals surface area contributed by atoms with Gasteiger partial charge < -0.3 is 14.7 Å². The number of carboxylic acids is 1. The second kappa shape index (κ2) is 5.19. The summed E-state index contributed by atoms with van der Waals surface area (Å²) in [7, 11) is 0. The average molecular weight is 266 g/mol. The summed E-state index contributed by atoms with van der Waals surface area (Å²) in [5.74, 6) is -0.797. The Morgan fingerprint density at radius 3 is 2.68 bits per heavy atom. The summed E-state index contributed by atoms with van der Waals surface area (Å²) >= 11 is 0. The highest BCUT2D eigenvalue weighted by Crippen LogP contribution is 2.24. The first-order chi connectivity index (χ1) is 8.98. The van der Waals surface area contributed by atoms with E-state index in [-0.39, 0.29) is 18.6 Å². The van der Waals surface area contributed by atoms with Crippen LogP contribution in [0, 0.1) is 0 Å². The van der Waals surface area contributed by atoms with E-state index in [2.05, 4.69) is 15.3 Å². The van der Waals surface area contributed by atoms with Crippen LogP contribution >= 0.6 is 0 Å². The van der Waals surface area contributed by atoms with Crippen LogP contribution in [0.15, 0.2) is 18.5 Å². The highest BCUT2D eigenvalue weighted by molar-refractivity contribution is 5.88. The molecule has 1 aromatic heterocycles. The van der Waals surface area contributed by atoms with Crippen molar-refractivity contribution < 1.29 is 19.4 Å². The van der Waals surface area contributed by atoms with Crippen LogP contribution in [-0.4, -0.2) is 57.3 Å². The third-order valence-corrected chi connectivity index (χ3v) is 2.67. The van der Waals surface area contributed by atoms with Crippen LogP contribution in [0.25, 0.3) is 0 Å². The molecular formula is C11H14N4O4. The van der Waals surface area contributed by atoms with Crippen molar-refractivity contribution in [2.24, 2.45) is 0 Å². The molecule has 0 atom stereocenters. The molecule has 0 aliphatic carbocycles. The molecule has 2 N–H and O–H groups in total. The largest absolute Gasteiger partial charge is 0.480 e. The van der Waals surface area contributed by atoms with Crippen LogP contribution < -0.4 is 5.32 Å². The lowest BCUT2D eigenvalue weighted by Gasteiger charge is -2.46. The maximum Gasteiger partial charge on any atom is 0.329 e. The summed E-state index contributed by atoms with van der Waals surface area (Å²) in [5, 5.41) is 11.1. The molecule has 2 rings (SSSR count). The Labute approximate surface area is 109 Å². The van der Waals surface area contributed by atoms with E-state index >= 15 is 0 Å². The molecule has 8 nitrogen and oxygen atoms in total. The second-order valence-electron chi connectivity index (χ2n) is 4.49. The Kier molecular flexibility index (Phi) is 3.61. The van der Waals surface area contributed by atoms with Gasteiger partial charge in [0.1, 0.15) is 12.2 Å². The van der Waals surface area contributed by atoms with Crippen molar-refractivity contribution in [3.05, 3.63) is 18.5 Å². The molecule has 0 unspecified atom stereocenters. The zero-order valence-corrected chi connectivity index (χ0v) is 10.4. The fourth-order valence-electron chi connectivity index (χ4n) is 1.77. The minimum atomic E-state index is -1.03. The summed E-state index contributed by atoms with van der Waals surface area (Å²) < 4.78 is 5.21. The number of aliphatic carboxylic acids is 1. The Morgan fingerprint density at radius 2 is 2.11 bits per heavy atom. The van der Waals surface area contributed by atoms with Crippen LogP contribution in [0.5, 0.6) is 0 Å². The van der Waals surface area contributed by atoms with Crippen LogP contribution in [0.3, 0.4) is 0 Å². The van der Waals surface area contributed by atoms with Crippen LogP contribution in [0.2, 0.25) is 0 Å². The van der Waals surface area contributed by atoms with E-state index in [1.54, 1.807) is 13.0 Å². The summed E-state index contributed by atoms with van der Waals surface area (Å²) in [6, 6.07) is 1.32. The van der Waals surface area contributed by atoms with E-state index in [4.69, 9.17) is 9.84 Å². The number of anilines is 1. The molecule has 1 aromatic rings. The fourth-order valence-corrected chi connectivity index (χ4v) is 1.77. The first-order valence-corrected chi connectivity index (χ1v) is 5.67. The summed E-state index contributed by atoms with van der Waals surface area (Å²) in [6.45, 7) is 2.06. The molecule has 2 amide bonds. The minimum Gasteiger partial charge on any atom is -0.480 e. The molecule has 1 fully saturated rings. The molecule has 0 bridgehead atoms. The number of carbonyl (C=O) groups is 2. The molecule has 0 saturated carbocycles. The number of likely N-dealkylation sites (tertiary alicyclic amines) is 1. The van der Waals surface area contributed by atoms with Crippen LogP contribution in [0.4, 0.5) is 10.7 Å². The van der Waals surface area contributed by atoms with E-state index in [1.165, 1.54) is 17.3 Å². The van der Waals surface area contributed by atoms with Crippen LogP contribution in [0.1, 0.15) is 6.92 Å². The van der Waals surface area contributed by atoms with E-state index in [1.807, 2.05) is 0 Å². The number of carboxylic acid groups (broad SMARTS) is 1. The number of hydrogen-bond donors (Lipinski definition) is 2. The molecule has 1 aliphatic heterocycles. The first kappa shape index (κ1) is 13.2. The van der Waals surface area contributed by atoms with Gasteiger partial charge in [0.25, 0.3) is 0 Å². The Bertz CT molecular complexity index is 473. The van der Waals surface area contributed by atoms with Crippen molar-refractivity contribution in [1.29, 1.82) is 0 Å². The minimum absolute atomic E-state index is 0.229. The lowest BCUT2D eigenvalue weighted by Crippen LogP contribution is -2.64. The number of nitrogens with one attached hydrogen (secondary N) is 1. The second-order valence-corrected chi connectivity index (χ2v) is 4.49. The third kappa shape index (κ3) is 3.38. The van der Waals surface area contributed by atoms with Gasteiger partial charge in [0.2, 0.25) is 5.95 Å². The van der Waals surface area contributed by atoms with Crippen molar-refractivity contribution in [1.82, 2.24) is 14.9 Å². The van der Waals surface area contributed by atoms with Crippen molar-refractivity contribution >= 4 is 17.9 Å². The monoisotopic (exact) mass is 266 g/mol. The van der Waals surface area contributed by atoms with Gasteiger partial charge in [0.15, 0.2) is 0 Å². The van der Waals surface area contributed by atoms with Gasteiger partial charge in [-0.25, -0.2) is 19.6 Å². The normalized spacial score (nSPS) is 16.6. The predicted molar refractivity (Wildman–Crippen MR) is 64.6 cm³/mol. The zero-order chi connectivity index (χ0) is 13.9. The highest BCUT2D eigenvalue weighted by Gasteiger charge is 2.42. The quantitative estimate of drug-likeness (QED) is 0.805. The number of nitrogens with zero attached hydrogens (tertiary/aromatic N) is 3. The predicted octanol–water partition coefficient (Wildman–Crippen LogP) is 0.184.